The van der Waals surface area contributed by atoms with Crippen LogP contribution in [0.5, 0.6) is 0 Å². The summed E-state index contributed by atoms with van der Waals surface area (Å²) in [7, 11) is 0. The zero-order valence-corrected chi connectivity index (χ0v) is 14.4. The fourth-order valence-electron chi connectivity index (χ4n) is 3.27. The summed E-state index contributed by atoms with van der Waals surface area (Å²) in [5.41, 5.74) is 3.29. The lowest BCUT2D eigenvalue weighted by molar-refractivity contribution is 0.264. The summed E-state index contributed by atoms with van der Waals surface area (Å²) in [6.07, 6.45) is 9.13. The summed E-state index contributed by atoms with van der Waals surface area (Å²) in [4.78, 5) is 2.16. The molecule has 0 atom stereocenters. The summed E-state index contributed by atoms with van der Waals surface area (Å²) in [6.45, 7) is 1.90. The highest BCUT2D eigenvalue weighted by Crippen LogP contribution is 2.30. The van der Waals surface area contributed by atoms with Crippen molar-refractivity contribution in [2.75, 3.05) is 6.54 Å². The molecular weight excluding hydrogens is 322 g/mol. The van der Waals surface area contributed by atoms with Gasteiger partial charge in [0, 0.05) is 17.7 Å². The van der Waals surface area contributed by atoms with Crippen LogP contribution in [0.25, 0.3) is 22.0 Å². The molecule has 0 aliphatic heterocycles. The van der Waals surface area contributed by atoms with Crippen LogP contribution in [0.4, 0.5) is 0 Å². The monoisotopic (exact) mass is 341 g/mol. The van der Waals surface area contributed by atoms with Gasteiger partial charge in [-0.15, -0.1) is 6.42 Å². The Morgan fingerprint density at radius 2 is 1.92 bits per heavy atom. The molecule has 0 fully saturated rings. The van der Waals surface area contributed by atoms with E-state index in [1.807, 2.05) is 18.3 Å². The Labute approximate surface area is 152 Å². The van der Waals surface area contributed by atoms with Crippen LogP contribution in [0.2, 0.25) is 0 Å². The lowest BCUT2D eigenvalue weighted by Crippen LogP contribution is -2.23. The molecule has 26 heavy (non-hydrogen) atoms. The van der Waals surface area contributed by atoms with E-state index >= 15 is 0 Å². The van der Waals surface area contributed by atoms with Crippen LogP contribution >= 0.6 is 0 Å². The van der Waals surface area contributed by atoms with E-state index in [0.29, 0.717) is 19.6 Å². The van der Waals surface area contributed by atoms with Gasteiger partial charge in [-0.2, -0.15) is 5.10 Å². The molecule has 4 nitrogen and oxygen atoms in total. The Morgan fingerprint density at radius 3 is 2.77 bits per heavy atom. The Kier molecular flexibility index (Phi) is 4.55. The van der Waals surface area contributed by atoms with E-state index in [9.17, 15) is 0 Å². The Morgan fingerprint density at radius 1 is 1.04 bits per heavy atom. The van der Waals surface area contributed by atoms with Gasteiger partial charge in [0.25, 0.3) is 0 Å². The van der Waals surface area contributed by atoms with Gasteiger partial charge in [0.05, 0.1) is 31.2 Å². The van der Waals surface area contributed by atoms with Crippen LogP contribution in [0.3, 0.4) is 0 Å². The molecule has 0 unspecified atom stereocenters. The van der Waals surface area contributed by atoms with Crippen molar-refractivity contribution in [1.82, 2.24) is 15.1 Å². The van der Waals surface area contributed by atoms with Gasteiger partial charge < -0.3 is 4.42 Å². The van der Waals surface area contributed by atoms with Gasteiger partial charge in [-0.25, -0.2) is 0 Å². The molecule has 128 valence electrons. The van der Waals surface area contributed by atoms with Crippen molar-refractivity contribution in [3.8, 4) is 23.6 Å². The van der Waals surface area contributed by atoms with E-state index in [4.69, 9.17) is 10.8 Å². The fraction of sp³-hybridized carbons (Fsp3) is 0.136. The second-order valence-electron chi connectivity index (χ2n) is 6.23. The van der Waals surface area contributed by atoms with Gasteiger partial charge >= 0.3 is 0 Å². The first kappa shape index (κ1) is 16.2. The third-order valence-corrected chi connectivity index (χ3v) is 4.45. The quantitative estimate of drug-likeness (QED) is 0.527. The topological polar surface area (TPSA) is 45.1 Å². The van der Waals surface area contributed by atoms with Crippen molar-refractivity contribution in [3.63, 3.8) is 0 Å². The van der Waals surface area contributed by atoms with Gasteiger partial charge in [0.15, 0.2) is 0 Å². The van der Waals surface area contributed by atoms with Gasteiger partial charge in [-0.1, -0.05) is 48.4 Å². The van der Waals surface area contributed by atoms with Gasteiger partial charge in [-0.05, 0) is 22.9 Å². The number of aromatic nitrogens is 2. The molecule has 0 amide bonds. The number of aromatic amines is 1. The number of H-pyrrole nitrogens is 1. The first-order valence-corrected chi connectivity index (χ1v) is 8.54. The second kappa shape index (κ2) is 7.30. The number of nitrogens with one attached hydrogen (secondary N) is 1. The molecular formula is C22H19N3O. The molecule has 2 heterocycles. The van der Waals surface area contributed by atoms with Crippen molar-refractivity contribution in [2.24, 2.45) is 0 Å². The average molecular weight is 341 g/mol. The van der Waals surface area contributed by atoms with Crippen molar-refractivity contribution in [1.29, 1.82) is 0 Å². The van der Waals surface area contributed by atoms with Crippen molar-refractivity contribution in [2.45, 2.75) is 13.1 Å². The number of hydrogen-bond acceptors (Lipinski definition) is 3. The van der Waals surface area contributed by atoms with E-state index in [1.165, 1.54) is 10.8 Å². The molecule has 4 aromatic rings. The molecule has 2 aromatic carbocycles. The van der Waals surface area contributed by atoms with Crippen LogP contribution in [0, 0.1) is 12.3 Å². The molecule has 1 N–H and O–H groups in total. The number of nitrogens with zero attached hydrogens (tertiary/aromatic N) is 2. The highest BCUT2D eigenvalue weighted by atomic mass is 16.3. The van der Waals surface area contributed by atoms with E-state index < -0.39 is 0 Å². The standard InChI is InChI=1S/C22H19N3O/c1-2-12-25(16-19-9-6-13-26-19)15-18-14-23-24-22(18)21-11-5-8-17-7-3-4-10-20(17)21/h1,3-11,13-14H,12,15-16H2,(H,23,24). The second-order valence-corrected chi connectivity index (χ2v) is 6.23. The maximum Gasteiger partial charge on any atom is 0.117 e. The van der Waals surface area contributed by atoms with E-state index in [-0.39, 0.29) is 0 Å². The minimum atomic E-state index is 0.543. The smallest absolute Gasteiger partial charge is 0.117 e. The number of terminal acetylenes is 1. The molecule has 4 rings (SSSR count). The van der Waals surface area contributed by atoms with Crippen LogP contribution in [0.15, 0.2) is 71.5 Å². The minimum absolute atomic E-state index is 0.543. The molecule has 4 heteroatoms. The fourth-order valence-corrected chi connectivity index (χ4v) is 3.27. The maximum absolute atomic E-state index is 5.57. The zero-order chi connectivity index (χ0) is 17.8. The van der Waals surface area contributed by atoms with Gasteiger partial charge in [0.2, 0.25) is 0 Å². The molecule has 0 bridgehead atoms. The third-order valence-electron chi connectivity index (χ3n) is 4.45. The lowest BCUT2D eigenvalue weighted by Gasteiger charge is -2.18. The molecule has 2 aromatic heterocycles. The van der Waals surface area contributed by atoms with Crippen LogP contribution < -0.4 is 0 Å². The predicted octanol–water partition coefficient (Wildman–Crippen LogP) is 4.46. The lowest BCUT2D eigenvalue weighted by atomic mass is 10.00. The van der Waals surface area contributed by atoms with Gasteiger partial charge in [0.1, 0.15) is 5.76 Å². The summed E-state index contributed by atoms with van der Waals surface area (Å²) in [6, 6.07) is 18.5. The third kappa shape index (κ3) is 3.26. The molecule has 0 spiro atoms. The highest BCUT2D eigenvalue weighted by Gasteiger charge is 2.15. The van der Waals surface area contributed by atoms with Crippen LogP contribution in [0.1, 0.15) is 11.3 Å². The Bertz CT molecular complexity index is 1040. The largest absolute Gasteiger partial charge is 0.468 e. The van der Waals surface area contributed by atoms with Crippen LogP contribution in [-0.2, 0) is 13.1 Å². The highest BCUT2D eigenvalue weighted by molar-refractivity contribution is 5.96. The van der Waals surface area contributed by atoms with Crippen molar-refractivity contribution >= 4 is 10.8 Å². The molecule has 0 radical (unpaired) electrons. The molecule has 0 aliphatic rings. The number of furan rings is 1. The number of rotatable bonds is 6. The van der Waals surface area contributed by atoms with E-state index in [0.717, 1.165) is 22.6 Å². The SMILES string of the molecule is C#CCN(Cc1ccco1)Cc1cn[nH]c1-c1cccc2ccccc12. The average Bonchev–Trinajstić information content (AvgIpc) is 3.33. The summed E-state index contributed by atoms with van der Waals surface area (Å²) in [5.74, 6) is 3.63. The normalized spacial score (nSPS) is 11.1. The van der Waals surface area contributed by atoms with E-state index in [1.54, 1.807) is 6.26 Å². The molecule has 0 aliphatic carbocycles. The summed E-state index contributed by atoms with van der Waals surface area (Å²) in [5, 5.41) is 9.87. The Balaban J connectivity index is 1.66. The zero-order valence-electron chi connectivity index (χ0n) is 14.4. The first-order valence-electron chi connectivity index (χ1n) is 8.54. The minimum Gasteiger partial charge on any atom is -0.468 e. The number of benzene rings is 2. The number of hydrogen-bond donors (Lipinski definition) is 1. The van der Waals surface area contributed by atoms with Crippen LogP contribution in [-0.4, -0.2) is 21.6 Å². The Hall–Kier alpha value is -3.29. The summed E-state index contributed by atoms with van der Waals surface area (Å²) >= 11 is 0. The molecule has 0 saturated heterocycles. The van der Waals surface area contributed by atoms with Crippen molar-refractivity contribution < 1.29 is 4.42 Å². The first-order chi connectivity index (χ1) is 12.8. The van der Waals surface area contributed by atoms with Crippen molar-refractivity contribution in [3.05, 3.63) is 78.4 Å². The maximum atomic E-state index is 5.57. The van der Waals surface area contributed by atoms with Gasteiger partial charge in [-0.3, -0.25) is 10.00 Å². The van der Waals surface area contributed by atoms with E-state index in [2.05, 4.69) is 63.5 Å². The number of fused-ring (bicyclic) bond motifs is 1. The summed E-state index contributed by atoms with van der Waals surface area (Å²) < 4.78 is 5.47. The predicted molar refractivity (Wildman–Crippen MR) is 103 cm³/mol. The molecule has 0 saturated carbocycles.